The molecule has 17 heavy (non-hydrogen) atoms. The molecule has 100 valence electrons. The van der Waals surface area contributed by atoms with Gasteiger partial charge in [0, 0.05) is 38.6 Å². The normalized spacial score (nSPS) is 18.9. The Morgan fingerprint density at radius 3 is 2.82 bits per heavy atom. The minimum absolute atomic E-state index is 0.138. The maximum absolute atomic E-state index is 11.5. The molecule has 0 bridgehead atoms. The second kappa shape index (κ2) is 8.44. The number of ether oxygens (including phenoxy) is 1. The molecule has 1 unspecified atom stereocenters. The van der Waals surface area contributed by atoms with Crippen molar-refractivity contribution in [3.8, 4) is 0 Å². The molecule has 0 aromatic heterocycles. The van der Waals surface area contributed by atoms with E-state index in [4.69, 9.17) is 10.5 Å². The fourth-order valence-corrected chi connectivity index (χ4v) is 1.85. The van der Waals surface area contributed by atoms with Crippen LogP contribution in [0.25, 0.3) is 0 Å². The number of hydrogen-bond donors (Lipinski definition) is 2. The van der Waals surface area contributed by atoms with Crippen LogP contribution in [0.3, 0.4) is 0 Å². The molecule has 0 aromatic carbocycles. The molecule has 5 heteroatoms. The SMILES string of the molecule is CC(N)CCCC(=O)NCCN1CCOCC1. The minimum atomic E-state index is 0.138. The Kier molecular flexibility index (Phi) is 7.16. The first-order valence-electron chi connectivity index (χ1n) is 6.51. The third kappa shape index (κ3) is 7.31. The van der Waals surface area contributed by atoms with Crippen LogP contribution in [0, 0.1) is 0 Å². The first kappa shape index (κ1) is 14.4. The van der Waals surface area contributed by atoms with Gasteiger partial charge in [0.2, 0.25) is 5.91 Å². The van der Waals surface area contributed by atoms with Gasteiger partial charge in [-0.15, -0.1) is 0 Å². The van der Waals surface area contributed by atoms with E-state index in [1.54, 1.807) is 0 Å². The highest BCUT2D eigenvalue weighted by Gasteiger charge is 2.10. The third-order valence-electron chi connectivity index (χ3n) is 2.92. The molecule has 0 aromatic rings. The molecule has 1 aliphatic heterocycles. The summed E-state index contributed by atoms with van der Waals surface area (Å²) in [6, 6.07) is 0.191. The van der Waals surface area contributed by atoms with Crippen molar-refractivity contribution in [2.75, 3.05) is 39.4 Å². The number of nitrogens with two attached hydrogens (primary N) is 1. The summed E-state index contributed by atoms with van der Waals surface area (Å²) in [5.41, 5.74) is 5.63. The van der Waals surface area contributed by atoms with Crippen LogP contribution in [0.15, 0.2) is 0 Å². The van der Waals surface area contributed by atoms with Crippen LogP contribution in [0.4, 0.5) is 0 Å². The van der Waals surface area contributed by atoms with E-state index in [1.807, 2.05) is 6.92 Å². The lowest BCUT2D eigenvalue weighted by Gasteiger charge is -2.26. The van der Waals surface area contributed by atoms with Crippen molar-refractivity contribution in [2.45, 2.75) is 32.2 Å². The first-order chi connectivity index (χ1) is 8.18. The van der Waals surface area contributed by atoms with Gasteiger partial charge in [0.25, 0.3) is 0 Å². The zero-order valence-electron chi connectivity index (χ0n) is 10.8. The summed E-state index contributed by atoms with van der Waals surface area (Å²) in [5.74, 6) is 0.138. The molecule has 1 atom stereocenters. The average Bonchev–Trinajstić information content (AvgIpc) is 2.30. The van der Waals surface area contributed by atoms with Gasteiger partial charge in [-0.1, -0.05) is 0 Å². The van der Waals surface area contributed by atoms with E-state index in [0.717, 1.165) is 52.2 Å². The second-order valence-corrected chi connectivity index (χ2v) is 4.67. The van der Waals surface area contributed by atoms with Gasteiger partial charge >= 0.3 is 0 Å². The molecule has 1 amide bonds. The molecular weight excluding hydrogens is 218 g/mol. The smallest absolute Gasteiger partial charge is 0.220 e. The molecule has 1 rings (SSSR count). The van der Waals surface area contributed by atoms with Crippen molar-refractivity contribution in [2.24, 2.45) is 5.73 Å². The highest BCUT2D eigenvalue weighted by Crippen LogP contribution is 1.98. The van der Waals surface area contributed by atoms with Gasteiger partial charge in [-0.2, -0.15) is 0 Å². The van der Waals surface area contributed by atoms with E-state index in [1.165, 1.54) is 0 Å². The van der Waals surface area contributed by atoms with Gasteiger partial charge in [0.05, 0.1) is 13.2 Å². The fraction of sp³-hybridized carbons (Fsp3) is 0.917. The van der Waals surface area contributed by atoms with E-state index in [-0.39, 0.29) is 11.9 Å². The Balaban J connectivity index is 1.95. The number of morpholine rings is 1. The van der Waals surface area contributed by atoms with Gasteiger partial charge < -0.3 is 15.8 Å². The van der Waals surface area contributed by atoms with Crippen LogP contribution in [-0.4, -0.2) is 56.2 Å². The third-order valence-corrected chi connectivity index (χ3v) is 2.92. The lowest BCUT2D eigenvalue weighted by atomic mass is 10.1. The van der Waals surface area contributed by atoms with Crippen LogP contribution in [0.5, 0.6) is 0 Å². The monoisotopic (exact) mass is 243 g/mol. The van der Waals surface area contributed by atoms with Crippen molar-refractivity contribution < 1.29 is 9.53 Å². The zero-order valence-corrected chi connectivity index (χ0v) is 10.8. The highest BCUT2D eigenvalue weighted by atomic mass is 16.5. The number of nitrogens with zero attached hydrogens (tertiary/aromatic N) is 1. The van der Waals surface area contributed by atoms with Crippen LogP contribution in [0.2, 0.25) is 0 Å². The summed E-state index contributed by atoms with van der Waals surface area (Å²) in [4.78, 5) is 13.8. The molecule has 0 saturated carbocycles. The number of rotatable bonds is 7. The van der Waals surface area contributed by atoms with Gasteiger partial charge in [0.15, 0.2) is 0 Å². The highest BCUT2D eigenvalue weighted by molar-refractivity contribution is 5.75. The van der Waals surface area contributed by atoms with Gasteiger partial charge in [0.1, 0.15) is 0 Å². The minimum Gasteiger partial charge on any atom is -0.379 e. The summed E-state index contributed by atoms with van der Waals surface area (Å²) in [6.45, 7) is 7.18. The molecule has 0 radical (unpaired) electrons. The number of carbonyl (C=O) groups excluding carboxylic acids is 1. The standard InChI is InChI=1S/C12H25N3O2/c1-11(13)3-2-4-12(16)14-5-6-15-7-9-17-10-8-15/h11H,2-10,13H2,1H3,(H,14,16). The molecule has 1 heterocycles. The summed E-state index contributed by atoms with van der Waals surface area (Å²) in [7, 11) is 0. The van der Waals surface area contributed by atoms with Crippen LogP contribution < -0.4 is 11.1 Å². The fourth-order valence-electron chi connectivity index (χ4n) is 1.85. The molecule has 1 fully saturated rings. The molecule has 3 N–H and O–H groups in total. The van der Waals surface area contributed by atoms with Crippen LogP contribution >= 0.6 is 0 Å². The summed E-state index contributed by atoms with van der Waals surface area (Å²) in [6.07, 6.45) is 2.38. The van der Waals surface area contributed by atoms with Crippen LogP contribution in [-0.2, 0) is 9.53 Å². The number of amides is 1. The number of nitrogens with one attached hydrogen (secondary N) is 1. The maximum Gasteiger partial charge on any atom is 0.220 e. The lowest BCUT2D eigenvalue weighted by molar-refractivity contribution is -0.121. The van der Waals surface area contributed by atoms with Crippen molar-refractivity contribution >= 4 is 5.91 Å². The van der Waals surface area contributed by atoms with E-state index >= 15 is 0 Å². The summed E-state index contributed by atoms with van der Waals surface area (Å²) in [5, 5.41) is 2.94. The largest absolute Gasteiger partial charge is 0.379 e. The Hall–Kier alpha value is -0.650. The van der Waals surface area contributed by atoms with Gasteiger partial charge in [-0.25, -0.2) is 0 Å². The van der Waals surface area contributed by atoms with Gasteiger partial charge in [-0.05, 0) is 19.8 Å². The Labute approximate surface area is 104 Å². The van der Waals surface area contributed by atoms with E-state index in [9.17, 15) is 4.79 Å². The molecule has 1 saturated heterocycles. The maximum atomic E-state index is 11.5. The molecular formula is C12H25N3O2. The first-order valence-corrected chi connectivity index (χ1v) is 6.51. The Morgan fingerprint density at radius 2 is 2.18 bits per heavy atom. The van der Waals surface area contributed by atoms with Gasteiger partial charge in [-0.3, -0.25) is 9.69 Å². The van der Waals surface area contributed by atoms with E-state index in [0.29, 0.717) is 6.42 Å². The molecule has 0 spiro atoms. The molecule has 1 aliphatic rings. The quantitative estimate of drug-likeness (QED) is 0.658. The van der Waals surface area contributed by atoms with E-state index < -0.39 is 0 Å². The zero-order chi connectivity index (χ0) is 12.5. The Bertz CT molecular complexity index is 216. The van der Waals surface area contributed by atoms with Crippen LogP contribution in [0.1, 0.15) is 26.2 Å². The van der Waals surface area contributed by atoms with Crippen molar-refractivity contribution in [3.05, 3.63) is 0 Å². The summed E-state index contributed by atoms with van der Waals surface area (Å²) < 4.78 is 5.26. The van der Waals surface area contributed by atoms with Crippen molar-refractivity contribution in [1.82, 2.24) is 10.2 Å². The topological polar surface area (TPSA) is 67.6 Å². The second-order valence-electron chi connectivity index (χ2n) is 4.67. The van der Waals surface area contributed by atoms with Crippen molar-refractivity contribution in [3.63, 3.8) is 0 Å². The summed E-state index contributed by atoms with van der Waals surface area (Å²) >= 11 is 0. The predicted molar refractivity (Wildman–Crippen MR) is 67.8 cm³/mol. The van der Waals surface area contributed by atoms with Crippen molar-refractivity contribution in [1.29, 1.82) is 0 Å². The molecule has 5 nitrogen and oxygen atoms in total. The number of hydrogen-bond acceptors (Lipinski definition) is 4. The molecule has 0 aliphatic carbocycles. The average molecular weight is 243 g/mol. The van der Waals surface area contributed by atoms with E-state index in [2.05, 4.69) is 10.2 Å². The Morgan fingerprint density at radius 1 is 1.47 bits per heavy atom. The lowest BCUT2D eigenvalue weighted by Crippen LogP contribution is -2.41. The predicted octanol–water partition coefficient (Wildman–Crippen LogP) is -0.0477. The number of carbonyl (C=O) groups is 1.